The summed E-state index contributed by atoms with van der Waals surface area (Å²) in [5, 5.41) is 9.75. The Bertz CT molecular complexity index is 785. The van der Waals surface area contributed by atoms with Crippen LogP contribution >= 0.6 is 0 Å². The number of hydrogen-bond donors (Lipinski definition) is 4. The first-order chi connectivity index (χ1) is 9.75. The number of rotatable bonds is 0. The number of H-pyrrole nitrogens is 2. The zero-order valence-electron chi connectivity index (χ0n) is 9.91. The third kappa shape index (κ3) is 0.899. The molecule has 2 atom stereocenters. The van der Waals surface area contributed by atoms with Crippen LogP contribution in [-0.4, -0.2) is 32.3 Å². The predicted octanol–water partition coefficient (Wildman–Crippen LogP) is -1.40. The molecule has 2 unspecified atom stereocenters. The van der Waals surface area contributed by atoms with Crippen molar-refractivity contribution in [3.8, 4) is 0 Å². The van der Waals surface area contributed by atoms with Gasteiger partial charge in [0.2, 0.25) is 0 Å². The average Bonchev–Trinajstić information content (AvgIpc) is 2.92. The lowest BCUT2D eigenvalue weighted by Crippen LogP contribution is -2.74. The third-order valence-electron chi connectivity index (χ3n) is 3.74. The van der Waals surface area contributed by atoms with E-state index in [0.717, 1.165) is 0 Å². The van der Waals surface area contributed by atoms with Crippen molar-refractivity contribution in [2.24, 2.45) is 0 Å². The van der Waals surface area contributed by atoms with Gasteiger partial charge in [0.1, 0.15) is 0 Å². The first kappa shape index (κ1) is 9.83. The van der Waals surface area contributed by atoms with E-state index in [1.165, 1.54) is 12.7 Å². The number of aromatic nitrogens is 4. The Labute approximate surface area is 110 Å². The van der Waals surface area contributed by atoms with Crippen LogP contribution in [0.2, 0.25) is 0 Å². The highest BCUT2D eigenvalue weighted by atomic mass is 16.1. The topological polar surface area (TPSA) is 122 Å². The van der Waals surface area contributed by atoms with Crippen LogP contribution in [0.15, 0.2) is 22.2 Å². The fraction of sp³-hybridized carbons (Fsp3) is 0.200. The lowest BCUT2D eigenvalue weighted by atomic mass is 10.2. The van der Waals surface area contributed by atoms with Crippen LogP contribution in [0.4, 0.5) is 23.0 Å². The van der Waals surface area contributed by atoms with E-state index in [9.17, 15) is 9.59 Å². The molecule has 20 heavy (non-hydrogen) atoms. The number of aromatic amines is 2. The first-order valence-corrected chi connectivity index (χ1v) is 6.02. The van der Waals surface area contributed by atoms with E-state index in [4.69, 9.17) is 0 Å². The molecular weight excluding hydrogens is 264 g/mol. The van der Waals surface area contributed by atoms with Gasteiger partial charge in [-0.15, -0.1) is 0 Å². The van der Waals surface area contributed by atoms with Crippen molar-refractivity contribution in [1.29, 1.82) is 0 Å². The summed E-state index contributed by atoms with van der Waals surface area (Å²) in [4.78, 5) is 37.2. The van der Waals surface area contributed by atoms with Crippen LogP contribution in [0, 0.1) is 0 Å². The van der Waals surface area contributed by atoms with Gasteiger partial charge in [-0.05, 0) is 0 Å². The molecule has 10 heteroatoms. The molecule has 4 N–H and O–H groups in total. The van der Waals surface area contributed by atoms with Gasteiger partial charge in [0.15, 0.2) is 35.3 Å². The summed E-state index contributed by atoms with van der Waals surface area (Å²) >= 11 is 0. The molecule has 3 aliphatic heterocycles. The fourth-order valence-electron chi connectivity index (χ4n) is 2.94. The molecule has 10 nitrogen and oxygen atoms in total. The maximum atomic E-state index is 12.0. The van der Waals surface area contributed by atoms with Gasteiger partial charge in [-0.2, -0.15) is 0 Å². The van der Waals surface area contributed by atoms with Crippen LogP contribution < -0.4 is 31.8 Å². The Morgan fingerprint density at radius 2 is 1.30 bits per heavy atom. The summed E-state index contributed by atoms with van der Waals surface area (Å²) in [5.41, 5.74) is 0.313. The number of anilines is 4. The quantitative estimate of drug-likeness (QED) is 0.462. The summed E-state index contributed by atoms with van der Waals surface area (Å²) in [7, 11) is 0. The third-order valence-corrected chi connectivity index (χ3v) is 3.74. The van der Waals surface area contributed by atoms with E-state index in [1.807, 2.05) is 0 Å². The second-order valence-corrected chi connectivity index (χ2v) is 4.73. The van der Waals surface area contributed by atoms with Crippen LogP contribution in [-0.2, 0) is 0 Å². The maximum absolute atomic E-state index is 12.0. The highest BCUT2D eigenvalue weighted by Crippen LogP contribution is 2.47. The van der Waals surface area contributed by atoms with Crippen molar-refractivity contribution < 1.29 is 0 Å². The zero-order chi connectivity index (χ0) is 13.4. The number of nitrogens with zero attached hydrogens (tertiary/aromatic N) is 4. The monoisotopic (exact) mass is 272 g/mol. The summed E-state index contributed by atoms with van der Waals surface area (Å²) in [6, 6.07) is 0. The number of fused-ring (bicyclic) bond motifs is 8. The molecule has 100 valence electrons. The van der Waals surface area contributed by atoms with Gasteiger partial charge in [0, 0.05) is 0 Å². The molecule has 0 aliphatic carbocycles. The van der Waals surface area contributed by atoms with Gasteiger partial charge < -0.3 is 20.6 Å². The van der Waals surface area contributed by atoms with E-state index in [-0.39, 0.29) is 23.5 Å². The highest BCUT2D eigenvalue weighted by Gasteiger charge is 2.58. The molecule has 2 aromatic rings. The molecule has 3 aliphatic rings. The number of hydrogen-bond acceptors (Lipinski definition) is 8. The lowest BCUT2D eigenvalue weighted by Gasteiger charge is -2.50. The lowest BCUT2D eigenvalue weighted by molar-refractivity contribution is 0.423. The van der Waals surface area contributed by atoms with Crippen LogP contribution in [0.1, 0.15) is 0 Å². The molecule has 2 aromatic heterocycles. The Hall–Kier alpha value is -3.04. The van der Waals surface area contributed by atoms with Crippen molar-refractivity contribution >= 4 is 23.0 Å². The summed E-state index contributed by atoms with van der Waals surface area (Å²) < 4.78 is 0. The zero-order valence-corrected chi connectivity index (χ0v) is 9.91. The highest BCUT2D eigenvalue weighted by molar-refractivity contribution is 5.86. The van der Waals surface area contributed by atoms with Gasteiger partial charge in [0.05, 0.1) is 12.7 Å². The average molecular weight is 272 g/mol. The van der Waals surface area contributed by atoms with Gasteiger partial charge in [-0.25, -0.2) is 20.0 Å². The van der Waals surface area contributed by atoms with Gasteiger partial charge in [0.25, 0.3) is 11.1 Å². The molecule has 5 heterocycles. The normalized spacial score (nSPS) is 24.0. The second kappa shape index (κ2) is 2.92. The standard InChI is InChI=1S/C10H8N8O2/c19-9-3-5(11-1-13-9)15-7-8-16-6-4(18(8)17(3)7)10(20)14-2-12-6/h1-2,7-8H,(H2,11,13,15,19)(H2,12,14,16,20). The SMILES string of the molecule is O=c1[nH]cnc2c1N1C(N2)C2Nc3nc[nH]c(=O)c3N21. The molecular formula is C10H8N8O2. The van der Waals surface area contributed by atoms with Gasteiger partial charge in [-0.3, -0.25) is 9.59 Å². The molecule has 0 bridgehead atoms. The van der Waals surface area contributed by atoms with Gasteiger partial charge >= 0.3 is 0 Å². The van der Waals surface area contributed by atoms with Crippen molar-refractivity contribution in [3.63, 3.8) is 0 Å². The molecule has 0 radical (unpaired) electrons. The Kier molecular flexibility index (Phi) is 1.44. The fourth-order valence-corrected chi connectivity index (χ4v) is 2.94. The molecule has 1 saturated heterocycles. The summed E-state index contributed by atoms with van der Waals surface area (Å²) in [6.45, 7) is 0. The summed E-state index contributed by atoms with van der Waals surface area (Å²) in [6.07, 6.45) is 2.38. The van der Waals surface area contributed by atoms with Crippen molar-refractivity contribution in [2.45, 2.75) is 12.3 Å². The molecule has 1 fully saturated rings. The Morgan fingerprint density at radius 1 is 0.850 bits per heavy atom. The predicted molar refractivity (Wildman–Crippen MR) is 69.5 cm³/mol. The van der Waals surface area contributed by atoms with Crippen molar-refractivity contribution in [3.05, 3.63) is 33.4 Å². The van der Waals surface area contributed by atoms with Crippen molar-refractivity contribution in [2.75, 3.05) is 20.7 Å². The minimum Gasteiger partial charge on any atom is -0.343 e. The van der Waals surface area contributed by atoms with E-state index in [2.05, 4.69) is 30.6 Å². The minimum absolute atomic E-state index is 0.158. The van der Waals surface area contributed by atoms with E-state index >= 15 is 0 Å². The van der Waals surface area contributed by atoms with E-state index in [0.29, 0.717) is 23.0 Å². The molecule has 0 amide bonds. The van der Waals surface area contributed by atoms with Crippen molar-refractivity contribution in [1.82, 2.24) is 19.9 Å². The van der Waals surface area contributed by atoms with Crippen LogP contribution in [0.25, 0.3) is 0 Å². The Balaban J connectivity index is 1.72. The Morgan fingerprint density at radius 3 is 1.75 bits per heavy atom. The largest absolute Gasteiger partial charge is 0.343 e. The smallest absolute Gasteiger partial charge is 0.278 e. The minimum atomic E-state index is -0.253. The molecule has 0 spiro atoms. The second-order valence-electron chi connectivity index (χ2n) is 4.73. The molecule has 0 aromatic carbocycles. The van der Waals surface area contributed by atoms with Crippen LogP contribution in [0.5, 0.6) is 0 Å². The number of hydrazine groups is 1. The number of nitrogens with one attached hydrogen (secondary N) is 4. The molecule has 0 saturated carbocycles. The van der Waals surface area contributed by atoms with Crippen LogP contribution in [0.3, 0.4) is 0 Å². The maximum Gasteiger partial charge on any atom is 0.278 e. The van der Waals surface area contributed by atoms with E-state index in [1.54, 1.807) is 10.0 Å². The first-order valence-electron chi connectivity index (χ1n) is 6.02. The van der Waals surface area contributed by atoms with E-state index < -0.39 is 0 Å². The molecule has 5 rings (SSSR count). The van der Waals surface area contributed by atoms with Gasteiger partial charge in [-0.1, -0.05) is 0 Å². The summed E-state index contributed by atoms with van der Waals surface area (Å²) in [5.74, 6) is 1.02.